The van der Waals surface area contributed by atoms with Gasteiger partial charge in [-0.15, -0.1) is 0 Å². The summed E-state index contributed by atoms with van der Waals surface area (Å²) in [5.41, 5.74) is 2.54. The molecule has 124 valence electrons. The molecule has 1 heterocycles. The molecule has 2 aromatic carbocycles. The third kappa shape index (κ3) is 3.03. The third-order valence-electron chi connectivity index (χ3n) is 3.68. The fraction of sp³-hybridized carbons (Fsp3) is 0.167. The van der Waals surface area contributed by atoms with E-state index in [1.165, 1.54) is 0 Å². The fourth-order valence-electron chi connectivity index (χ4n) is 2.48. The molecule has 0 amide bonds. The number of aromatic nitrogens is 1. The van der Waals surface area contributed by atoms with E-state index in [9.17, 15) is 0 Å². The van der Waals surface area contributed by atoms with Gasteiger partial charge in [-0.1, -0.05) is 11.6 Å². The van der Waals surface area contributed by atoms with Crippen LogP contribution in [-0.2, 0) is 0 Å². The largest absolute Gasteiger partial charge is 0.495 e. The highest BCUT2D eigenvalue weighted by Crippen LogP contribution is 2.36. The quantitative estimate of drug-likeness (QED) is 0.729. The number of anilines is 2. The number of fused-ring (bicyclic) bond motifs is 1. The molecule has 0 aliphatic carbocycles. The lowest BCUT2D eigenvalue weighted by atomic mass is 10.1. The van der Waals surface area contributed by atoms with Crippen molar-refractivity contribution in [2.24, 2.45) is 0 Å². The van der Waals surface area contributed by atoms with Crippen LogP contribution in [0.1, 0.15) is 0 Å². The van der Waals surface area contributed by atoms with Crippen LogP contribution in [-0.4, -0.2) is 26.3 Å². The predicted molar refractivity (Wildman–Crippen MR) is 96.1 cm³/mol. The Kier molecular flexibility index (Phi) is 4.62. The molecule has 1 N–H and O–H groups in total. The number of pyridine rings is 1. The Labute approximate surface area is 145 Å². The van der Waals surface area contributed by atoms with Gasteiger partial charge in [0.15, 0.2) is 11.5 Å². The number of nitrogens with one attached hydrogen (secondary N) is 1. The summed E-state index contributed by atoms with van der Waals surface area (Å²) in [6.07, 6.45) is 1.74. The zero-order chi connectivity index (χ0) is 17.1. The number of nitrogens with zero attached hydrogens (tertiary/aromatic N) is 1. The lowest BCUT2D eigenvalue weighted by Crippen LogP contribution is -1.96. The van der Waals surface area contributed by atoms with Crippen molar-refractivity contribution < 1.29 is 14.2 Å². The van der Waals surface area contributed by atoms with Crippen molar-refractivity contribution in [2.45, 2.75) is 0 Å². The second-order valence-corrected chi connectivity index (χ2v) is 5.46. The van der Waals surface area contributed by atoms with Gasteiger partial charge in [0.1, 0.15) is 5.75 Å². The van der Waals surface area contributed by atoms with Gasteiger partial charge in [0.05, 0.1) is 31.9 Å². The van der Waals surface area contributed by atoms with Crippen molar-refractivity contribution in [2.75, 3.05) is 26.6 Å². The summed E-state index contributed by atoms with van der Waals surface area (Å²) in [5.74, 6) is 1.92. The van der Waals surface area contributed by atoms with Crippen molar-refractivity contribution in [3.05, 3.63) is 47.6 Å². The lowest BCUT2D eigenvalue weighted by molar-refractivity contribution is 0.356. The van der Waals surface area contributed by atoms with Gasteiger partial charge in [0.2, 0.25) is 0 Å². The maximum atomic E-state index is 6.19. The first-order valence-corrected chi connectivity index (χ1v) is 7.65. The number of ether oxygens (including phenoxy) is 3. The maximum Gasteiger partial charge on any atom is 0.162 e. The summed E-state index contributed by atoms with van der Waals surface area (Å²) in [6.45, 7) is 0. The van der Waals surface area contributed by atoms with Gasteiger partial charge in [-0.05, 0) is 30.3 Å². The van der Waals surface area contributed by atoms with E-state index in [4.69, 9.17) is 25.8 Å². The topological polar surface area (TPSA) is 52.6 Å². The summed E-state index contributed by atoms with van der Waals surface area (Å²) in [7, 11) is 4.80. The van der Waals surface area contributed by atoms with Gasteiger partial charge in [-0.25, -0.2) is 0 Å². The highest BCUT2D eigenvalue weighted by Gasteiger charge is 2.10. The molecule has 3 aromatic rings. The van der Waals surface area contributed by atoms with E-state index in [1.807, 2.05) is 36.4 Å². The van der Waals surface area contributed by atoms with Crippen molar-refractivity contribution in [3.63, 3.8) is 0 Å². The highest BCUT2D eigenvalue weighted by atomic mass is 35.5. The summed E-state index contributed by atoms with van der Waals surface area (Å²) >= 11 is 6.19. The van der Waals surface area contributed by atoms with Crippen molar-refractivity contribution in [3.8, 4) is 17.2 Å². The number of hydrogen-bond acceptors (Lipinski definition) is 5. The number of hydrogen-bond donors (Lipinski definition) is 1. The van der Waals surface area contributed by atoms with E-state index >= 15 is 0 Å². The van der Waals surface area contributed by atoms with Crippen LogP contribution in [0.4, 0.5) is 11.4 Å². The molecule has 0 fully saturated rings. The van der Waals surface area contributed by atoms with Crippen molar-refractivity contribution in [1.82, 2.24) is 4.98 Å². The summed E-state index contributed by atoms with van der Waals surface area (Å²) in [4.78, 5) is 4.39. The van der Waals surface area contributed by atoms with Gasteiger partial charge >= 0.3 is 0 Å². The molecule has 0 aliphatic heterocycles. The smallest absolute Gasteiger partial charge is 0.162 e. The molecule has 0 saturated carbocycles. The first-order valence-electron chi connectivity index (χ1n) is 7.27. The first-order chi connectivity index (χ1) is 11.7. The van der Waals surface area contributed by atoms with Gasteiger partial charge in [-0.3, -0.25) is 4.98 Å². The van der Waals surface area contributed by atoms with Gasteiger partial charge in [-0.2, -0.15) is 0 Å². The second kappa shape index (κ2) is 6.84. The van der Waals surface area contributed by atoms with E-state index < -0.39 is 0 Å². The molecule has 0 radical (unpaired) electrons. The summed E-state index contributed by atoms with van der Waals surface area (Å²) in [5, 5.41) is 4.81. The Balaban J connectivity index is 2.04. The number of rotatable bonds is 5. The zero-order valence-electron chi connectivity index (χ0n) is 13.6. The third-order valence-corrected chi connectivity index (χ3v) is 3.97. The Bertz CT molecular complexity index is 884. The minimum Gasteiger partial charge on any atom is -0.495 e. The predicted octanol–water partition coefficient (Wildman–Crippen LogP) is 4.66. The van der Waals surface area contributed by atoms with Gasteiger partial charge in [0.25, 0.3) is 0 Å². The van der Waals surface area contributed by atoms with E-state index in [2.05, 4.69) is 10.3 Å². The molecule has 3 rings (SSSR count). The maximum absolute atomic E-state index is 6.19. The Morgan fingerprint density at radius 2 is 1.58 bits per heavy atom. The van der Waals surface area contributed by atoms with Crippen molar-refractivity contribution in [1.29, 1.82) is 0 Å². The van der Waals surface area contributed by atoms with Crippen molar-refractivity contribution >= 4 is 33.9 Å². The van der Waals surface area contributed by atoms with E-state index in [0.29, 0.717) is 22.3 Å². The monoisotopic (exact) mass is 344 g/mol. The van der Waals surface area contributed by atoms with Gasteiger partial charge in [0, 0.05) is 29.0 Å². The zero-order valence-corrected chi connectivity index (χ0v) is 14.3. The molecule has 0 unspecified atom stereocenters. The van der Waals surface area contributed by atoms with Crippen LogP contribution in [0.25, 0.3) is 10.9 Å². The summed E-state index contributed by atoms with van der Waals surface area (Å²) < 4.78 is 15.9. The number of halogens is 1. The molecular weight excluding hydrogens is 328 g/mol. The fourth-order valence-corrected chi connectivity index (χ4v) is 2.74. The van der Waals surface area contributed by atoms with Crippen LogP contribution in [0.2, 0.25) is 5.02 Å². The van der Waals surface area contributed by atoms with Crippen LogP contribution < -0.4 is 19.5 Å². The minimum absolute atomic E-state index is 0.542. The molecule has 0 spiro atoms. The SMILES string of the molecule is COc1ccc(Nc2ccnc3cc(OC)c(OC)cc23)cc1Cl. The average Bonchev–Trinajstić information content (AvgIpc) is 2.61. The molecule has 0 bridgehead atoms. The molecule has 0 saturated heterocycles. The van der Waals surface area contributed by atoms with Gasteiger partial charge < -0.3 is 19.5 Å². The van der Waals surface area contributed by atoms with E-state index in [1.54, 1.807) is 27.5 Å². The second-order valence-electron chi connectivity index (χ2n) is 5.06. The summed E-state index contributed by atoms with van der Waals surface area (Å²) in [6, 6.07) is 11.2. The normalized spacial score (nSPS) is 10.5. The standard InChI is InChI=1S/C18H17ClN2O3/c1-22-16-5-4-11(8-13(16)19)21-14-6-7-20-15-10-18(24-3)17(23-2)9-12(14)15/h4-10H,1-3H3,(H,20,21). The van der Waals surface area contributed by atoms with Crippen LogP contribution in [0.3, 0.4) is 0 Å². The number of benzene rings is 2. The molecule has 24 heavy (non-hydrogen) atoms. The Morgan fingerprint density at radius 3 is 2.25 bits per heavy atom. The van der Waals surface area contributed by atoms with Crippen LogP contribution in [0.5, 0.6) is 17.2 Å². The van der Waals surface area contributed by atoms with Crippen LogP contribution in [0.15, 0.2) is 42.6 Å². The Hall–Kier alpha value is -2.66. The van der Waals surface area contributed by atoms with E-state index in [0.717, 1.165) is 22.3 Å². The minimum atomic E-state index is 0.542. The Morgan fingerprint density at radius 1 is 0.875 bits per heavy atom. The molecule has 0 aliphatic rings. The molecule has 1 aromatic heterocycles. The van der Waals surface area contributed by atoms with Crippen LogP contribution >= 0.6 is 11.6 Å². The molecular formula is C18H17ClN2O3. The van der Waals surface area contributed by atoms with Crippen LogP contribution in [0, 0.1) is 0 Å². The molecule has 5 nitrogen and oxygen atoms in total. The number of methoxy groups -OCH3 is 3. The average molecular weight is 345 g/mol. The molecule has 6 heteroatoms. The lowest BCUT2D eigenvalue weighted by Gasteiger charge is -2.13. The molecule has 0 atom stereocenters. The highest BCUT2D eigenvalue weighted by molar-refractivity contribution is 6.32. The van der Waals surface area contributed by atoms with E-state index in [-0.39, 0.29) is 0 Å². The first kappa shape index (κ1) is 16.2.